The summed E-state index contributed by atoms with van der Waals surface area (Å²) in [7, 11) is 5.59. The topological polar surface area (TPSA) is 53.4 Å². The van der Waals surface area contributed by atoms with Gasteiger partial charge in [0.15, 0.2) is 0 Å². The van der Waals surface area contributed by atoms with Crippen LogP contribution in [0.25, 0.3) is 0 Å². The summed E-state index contributed by atoms with van der Waals surface area (Å²) in [6.07, 6.45) is 6.65. The van der Waals surface area contributed by atoms with Crippen molar-refractivity contribution in [3.63, 3.8) is 0 Å². The minimum atomic E-state index is 0.0356. The van der Waals surface area contributed by atoms with E-state index in [4.69, 9.17) is 0 Å². The summed E-state index contributed by atoms with van der Waals surface area (Å²) >= 11 is 0. The molecule has 2 fully saturated rings. The van der Waals surface area contributed by atoms with Crippen LogP contribution in [0.5, 0.6) is 0 Å². The minimum Gasteiger partial charge on any atom is -0.335 e. The highest BCUT2D eigenvalue weighted by atomic mass is 16.2. The first kappa shape index (κ1) is 15.3. The molecule has 1 N–H and O–H groups in total. The second kappa shape index (κ2) is 5.91. The predicted octanol–water partition coefficient (Wildman–Crippen LogP) is 1.44. The van der Waals surface area contributed by atoms with Crippen LogP contribution in [-0.4, -0.2) is 58.8 Å². The third-order valence-corrected chi connectivity index (χ3v) is 5.32. The lowest BCUT2D eigenvalue weighted by Gasteiger charge is -2.52. The number of urea groups is 1. The zero-order chi connectivity index (χ0) is 15.7. The van der Waals surface area contributed by atoms with Gasteiger partial charge in [0.25, 0.3) is 0 Å². The summed E-state index contributed by atoms with van der Waals surface area (Å²) in [5.74, 6) is 0. The van der Waals surface area contributed by atoms with Crippen molar-refractivity contribution in [2.75, 3.05) is 27.2 Å². The summed E-state index contributed by atoms with van der Waals surface area (Å²) in [5, 5.41) is 7.34. The lowest BCUT2D eigenvalue weighted by atomic mass is 9.60. The molecular formula is C16H27N5O. The highest BCUT2D eigenvalue weighted by Gasteiger charge is 2.46. The van der Waals surface area contributed by atoms with Gasteiger partial charge in [0.2, 0.25) is 0 Å². The fourth-order valence-electron chi connectivity index (χ4n) is 3.77. The van der Waals surface area contributed by atoms with Crippen LogP contribution < -0.4 is 5.32 Å². The third-order valence-electron chi connectivity index (χ3n) is 5.32. The Labute approximate surface area is 132 Å². The molecule has 2 heterocycles. The van der Waals surface area contributed by atoms with Gasteiger partial charge in [-0.3, -0.25) is 9.58 Å². The van der Waals surface area contributed by atoms with E-state index < -0.39 is 0 Å². The van der Waals surface area contributed by atoms with Crippen molar-refractivity contribution in [2.24, 2.45) is 12.5 Å². The second-order valence-electron chi connectivity index (χ2n) is 7.17. The van der Waals surface area contributed by atoms with E-state index in [1.807, 2.05) is 17.9 Å². The average Bonchev–Trinajstić information content (AvgIpc) is 2.84. The van der Waals surface area contributed by atoms with E-state index in [2.05, 4.69) is 21.4 Å². The molecule has 1 saturated carbocycles. The molecule has 0 bridgehead atoms. The number of nitrogens with zero attached hydrogens (tertiary/aromatic N) is 4. The molecule has 1 aliphatic carbocycles. The number of amides is 2. The molecule has 2 amide bonds. The molecule has 1 aliphatic heterocycles. The Morgan fingerprint density at radius 3 is 2.64 bits per heavy atom. The summed E-state index contributed by atoms with van der Waals surface area (Å²) in [6, 6.07) is 2.51. The van der Waals surface area contributed by atoms with Crippen LogP contribution in [0.3, 0.4) is 0 Å². The minimum absolute atomic E-state index is 0.0356. The number of aromatic nitrogens is 2. The zero-order valence-electron chi connectivity index (χ0n) is 13.9. The number of carbonyl (C=O) groups is 1. The molecule has 22 heavy (non-hydrogen) atoms. The number of likely N-dealkylation sites (tertiary alicyclic amines) is 1. The van der Waals surface area contributed by atoms with E-state index in [9.17, 15) is 4.79 Å². The number of piperidine rings is 1. The van der Waals surface area contributed by atoms with Gasteiger partial charge >= 0.3 is 6.03 Å². The average molecular weight is 305 g/mol. The predicted molar refractivity (Wildman–Crippen MR) is 85.4 cm³/mol. The van der Waals surface area contributed by atoms with Gasteiger partial charge < -0.3 is 10.2 Å². The quantitative estimate of drug-likeness (QED) is 0.919. The van der Waals surface area contributed by atoms with Crippen molar-refractivity contribution < 1.29 is 4.79 Å². The maximum absolute atomic E-state index is 11.7. The maximum Gasteiger partial charge on any atom is 0.317 e. The molecule has 1 aromatic rings. The van der Waals surface area contributed by atoms with Gasteiger partial charge in [0.1, 0.15) is 0 Å². The number of rotatable bonds is 3. The fraction of sp³-hybridized carbons (Fsp3) is 0.750. The van der Waals surface area contributed by atoms with Gasteiger partial charge in [-0.25, -0.2) is 4.79 Å². The van der Waals surface area contributed by atoms with E-state index in [1.54, 1.807) is 19.0 Å². The van der Waals surface area contributed by atoms with Crippen molar-refractivity contribution in [3.8, 4) is 0 Å². The number of aryl methyl sites for hydroxylation is 1. The Balaban J connectivity index is 1.43. The first-order valence-corrected chi connectivity index (χ1v) is 8.14. The highest BCUT2D eigenvalue weighted by Crippen LogP contribution is 2.49. The molecule has 0 unspecified atom stereocenters. The van der Waals surface area contributed by atoms with Gasteiger partial charge in [-0.1, -0.05) is 0 Å². The van der Waals surface area contributed by atoms with E-state index in [0.717, 1.165) is 32.5 Å². The molecule has 6 heteroatoms. The molecule has 0 atom stereocenters. The lowest BCUT2D eigenvalue weighted by molar-refractivity contribution is 0.00576. The summed E-state index contributed by atoms with van der Waals surface area (Å²) in [5.41, 5.74) is 1.76. The number of hydrogen-bond donors (Lipinski definition) is 1. The molecule has 0 aromatic carbocycles. The van der Waals surface area contributed by atoms with Crippen LogP contribution in [0.1, 0.15) is 31.4 Å². The smallest absolute Gasteiger partial charge is 0.317 e. The monoisotopic (exact) mass is 305 g/mol. The number of nitrogens with one attached hydrogen (secondary N) is 1. The molecule has 3 rings (SSSR count). The molecule has 1 aromatic heterocycles. The summed E-state index contributed by atoms with van der Waals surface area (Å²) < 4.78 is 1.96. The lowest BCUT2D eigenvalue weighted by Crippen LogP contribution is -2.56. The molecule has 1 saturated heterocycles. The van der Waals surface area contributed by atoms with Gasteiger partial charge in [0.05, 0.1) is 5.69 Å². The Kier molecular flexibility index (Phi) is 4.12. The Morgan fingerprint density at radius 2 is 2.09 bits per heavy atom. The summed E-state index contributed by atoms with van der Waals surface area (Å²) in [6.45, 7) is 3.30. The maximum atomic E-state index is 11.7. The highest BCUT2D eigenvalue weighted by molar-refractivity contribution is 5.74. The normalized spacial score (nSPS) is 21.6. The molecular weight excluding hydrogens is 278 g/mol. The van der Waals surface area contributed by atoms with Crippen molar-refractivity contribution in [1.82, 2.24) is 24.9 Å². The van der Waals surface area contributed by atoms with Crippen LogP contribution >= 0.6 is 0 Å². The third kappa shape index (κ3) is 3.11. The van der Waals surface area contributed by atoms with Crippen LogP contribution in [-0.2, 0) is 13.6 Å². The molecule has 122 valence electrons. The summed E-state index contributed by atoms with van der Waals surface area (Å²) in [4.78, 5) is 15.8. The zero-order valence-corrected chi connectivity index (χ0v) is 13.9. The van der Waals surface area contributed by atoms with E-state index >= 15 is 0 Å². The van der Waals surface area contributed by atoms with E-state index in [0.29, 0.717) is 11.5 Å². The standard InChI is InChI=1S/C16H27N5O/c1-19(2)15(22)18-13-10-16(11-13)5-8-21(9-6-16)12-14-4-7-17-20(14)3/h4,7,13H,5-6,8-12H2,1-3H3,(H,18,22). The Hall–Kier alpha value is -1.56. The van der Waals surface area contributed by atoms with E-state index in [-0.39, 0.29) is 6.03 Å². The molecule has 1 spiro atoms. The van der Waals surface area contributed by atoms with Crippen LogP contribution in [0.15, 0.2) is 12.3 Å². The number of carbonyl (C=O) groups excluding carboxylic acids is 1. The van der Waals surface area contributed by atoms with Crippen LogP contribution in [0.4, 0.5) is 4.79 Å². The van der Waals surface area contributed by atoms with Gasteiger partial charge in [-0.2, -0.15) is 5.10 Å². The molecule has 2 aliphatic rings. The Bertz CT molecular complexity index is 522. The second-order valence-corrected chi connectivity index (χ2v) is 7.17. The first-order chi connectivity index (χ1) is 10.5. The van der Waals surface area contributed by atoms with Crippen molar-refractivity contribution in [2.45, 2.75) is 38.3 Å². The largest absolute Gasteiger partial charge is 0.335 e. The van der Waals surface area contributed by atoms with E-state index in [1.165, 1.54) is 18.5 Å². The van der Waals surface area contributed by atoms with Crippen LogP contribution in [0, 0.1) is 5.41 Å². The van der Waals surface area contributed by atoms with Crippen molar-refractivity contribution in [3.05, 3.63) is 18.0 Å². The molecule has 6 nitrogen and oxygen atoms in total. The van der Waals surface area contributed by atoms with Gasteiger partial charge in [0, 0.05) is 39.9 Å². The van der Waals surface area contributed by atoms with Gasteiger partial charge in [-0.05, 0) is 50.3 Å². The molecule has 0 radical (unpaired) electrons. The van der Waals surface area contributed by atoms with Crippen molar-refractivity contribution >= 4 is 6.03 Å². The SMILES string of the molecule is CN(C)C(=O)NC1CC2(CCN(Cc3ccnn3C)CC2)C1. The van der Waals surface area contributed by atoms with Crippen molar-refractivity contribution in [1.29, 1.82) is 0 Å². The van der Waals surface area contributed by atoms with Gasteiger partial charge in [-0.15, -0.1) is 0 Å². The fourth-order valence-corrected chi connectivity index (χ4v) is 3.77. The Morgan fingerprint density at radius 1 is 1.41 bits per heavy atom. The first-order valence-electron chi connectivity index (χ1n) is 8.14. The number of hydrogen-bond acceptors (Lipinski definition) is 3. The van der Waals surface area contributed by atoms with Crippen LogP contribution in [0.2, 0.25) is 0 Å².